The predicted octanol–water partition coefficient (Wildman–Crippen LogP) is 2.85. The molecule has 2 heterocycles. The molecular weight excluding hydrogens is 332 g/mol. The van der Waals surface area contributed by atoms with Gasteiger partial charge in [0.15, 0.2) is 5.82 Å². The Morgan fingerprint density at radius 2 is 2.15 bits per heavy atom. The maximum atomic E-state index is 11.5. The van der Waals surface area contributed by atoms with Gasteiger partial charge < -0.3 is 15.4 Å². The first-order chi connectivity index (χ1) is 12.6. The molecule has 1 aromatic carbocycles. The first kappa shape index (κ1) is 17.2. The van der Waals surface area contributed by atoms with E-state index in [9.17, 15) is 4.79 Å². The van der Waals surface area contributed by atoms with Crippen LogP contribution in [0, 0.1) is 6.92 Å². The second-order valence-corrected chi connectivity index (χ2v) is 5.37. The standard InChI is InChI=1S/C18H18N6O2/c1-4-17(25)20-13-5-6-15(26-3)14(11-13)21-18-19-9-7-16(22-18)24-10-8-12(2)23-24/h4-11H,1H2,2-3H3,(H,20,25)(H,19,21,22). The number of nitrogens with zero attached hydrogens (tertiary/aromatic N) is 4. The number of amides is 1. The summed E-state index contributed by atoms with van der Waals surface area (Å²) in [4.78, 5) is 20.2. The van der Waals surface area contributed by atoms with Crippen molar-refractivity contribution >= 4 is 23.2 Å². The van der Waals surface area contributed by atoms with E-state index in [0.29, 0.717) is 28.9 Å². The van der Waals surface area contributed by atoms with Gasteiger partial charge in [0.25, 0.3) is 0 Å². The Kier molecular flexibility index (Phi) is 4.93. The lowest BCUT2D eigenvalue weighted by molar-refractivity contribution is -0.111. The van der Waals surface area contributed by atoms with Gasteiger partial charge in [-0.1, -0.05) is 6.58 Å². The summed E-state index contributed by atoms with van der Waals surface area (Å²) in [6.45, 7) is 5.35. The van der Waals surface area contributed by atoms with E-state index < -0.39 is 0 Å². The maximum absolute atomic E-state index is 11.5. The van der Waals surface area contributed by atoms with Crippen LogP contribution in [0.3, 0.4) is 0 Å². The minimum Gasteiger partial charge on any atom is -0.495 e. The van der Waals surface area contributed by atoms with Gasteiger partial charge in [-0.15, -0.1) is 0 Å². The van der Waals surface area contributed by atoms with Crippen molar-refractivity contribution in [2.75, 3.05) is 17.7 Å². The number of carbonyl (C=O) groups excluding carboxylic acids is 1. The number of ether oxygens (including phenoxy) is 1. The fourth-order valence-electron chi connectivity index (χ4n) is 2.28. The van der Waals surface area contributed by atoms with E-state index in [4.69, 9.17) is 4.74 Å². The molecule has 3 aromatic rings. The summed E-state index contributed by atoms with van der Waals surface area (Å²) < 4.78 is 7.02. The number of anilines is 3. The van der Waals surface area contributed by atoms with Crippen molar-refractivity contribution in [3.8, 4) is 11.6 Å². The van der Waals surface area contributed by atoms with Gasteiger partial charge in [-0.3, -0.25) is 4.79 Å². The van der Waals surface area contributed by atoms with Gasteiger partial charge in [0, 0.05) is 24.1 Å². The molecule has 0 saturated carbocycles. The zero-order valence-corrected chi connectivity index (χ0v) is 14.4. The Hall–Kier alpha value is -3.68. The zero-order valence-electron chi connectivity index (χ0n) is 14.4. The van der Waals surface area contributed by atoms with Gasteiger partial charge in [0.2, 0.25) is 11.9 Å². The van der Waals surface area contributed by atoms with Crippen LogP contribution >= 0.6 is 0 Å². The minimum atomic E-state index is -0.298. The number of benzene rings is 1. The number of carbonyl (C=O) groups is 1. The number of methoxy groups -OCH3 is 1. The molecule has 0 saturated heterocycles. The number of rotatable bonds is 6. The highest BCUT2D eigenvalue weighted by molar-refractivity contribution is 5.99. The molecule has 0 unspecified atom stereocenters. The molecule has 3 rings (SSSR count). The molecule has 0 fully saturated rings. The van der Waals surface area contributed by atoms with Crippen molar-refractivity contribution < 1.29 is 9.53 Å². The number of nitrogens with one attached hydrogen (secondary N) is 2. The summed E-state index contributed by atoms with van der Waals surface area (Å²) in [5.74, 6) is 1.30. The van der Waals surface area contributed by atoms with Gasteiger partial charge in [0.1, 0.15) is 5.75 Å². The molecule has 8 heteroatoms. The van der Waals surface area contributed by atoms with Crippen LogP contribution in [-0.2, 0) is 4.79 Å². The molecule has 0 aliphatic carbocycles. The highest BCUT2D eigenvalue weighted by Crippen LogP contribution is 2.29. The summed E-state index contributed by atoms with van der Waals surface area (Å²) in [6.07, 6.45) is 4.67. The van der Waals surface area contributed by atoms with E-state index in [2.05, 4.69) is 32.3 Å². The molecule has 1 amide bonds. The third-order valence-electron chi connectivity index (χ3n) is 3.50. The fraction of sp³-hybridized carbons (Fsp3) is 0.111. The van der Waals surface area contributed by atoms with Gasteiger partial charge in [-0.2, -0.15) is 10.1 Å². The van der Waals surface area contributed by atoms with Gasteiger partial charge in [-0.25, -0.2) is 9.67 Å². The highest BCUT2D eigenvalue weighted by atomic mass is 16.5. The van der Waals surface area contributed by atoms with Gasteiger partial charge in [0.05, 0.1) is 18.5 Å². The molecule has 26 heavy (non-hydrogen) atoms. The lowest BCUT2D eigenvalue weighted by atomic mass is 10.2. The van der Waals surface area contributed by atoms with Crippen molar-refractivity contribution in [2.45, 2.75) is 6.92 Å². The quantitative estimate of drug-likeness (QED) is 0.664. The van der Waals surface area contributed by atoms with Crippen LogP contribution in [0.15, 0.2) is 55.4 Å². The van der Waals surface area contributed by atoms with E-state index in [0.717, 1.165) is 5.69 Å². The van der Waals surface area contributed by atoms with Crippen molar-refractivity contribution in [3.05, 3.63) is 61.1 Å². The Bertz CT molecular complexity index is 950. The Morgan fingerprint density at radius 1 is 1.31 bits per heavy atom. The Morgan fingerprint density at radius 3 is 2.85 bits per heavy atom. The average Bonchev–Trinajstić information content (AvgIpc) is 3.08. The van der Waals surface area contributed by atoms with Crippen LogP contribution in [0.25, 0.3) is 5.82 Å². The molecule has 0 aliphatic heterocycles. The summed E-state index contributed by atoms with van der Waals surface area (Å²) in [6, 6.07) is 8.85. The molecule has 2 aromatic heterocycles. The SMILES string of the molecule is C=CC(=O)Nc1ccc(OC)c(Nc2nccc(-n3ccc(C)n3)n2)c1. The predicted molar refractivity (Wildman–Crippen MR) is 99.0 cm³/mol. The second-order valence-electron chi connectivity index (χ2n) is 5.37. The minimum absolute atomic E-state index is 0.298. The van der Waals surface area contributed by atoms with Crippen molar-refractivity contribution in [3.63, 3.8) is 0 Å². The average molecular weight is 350 g/mol. The fourth-order valence-corrected chi connectivity index (χ4v) is 2.28. The molecule has 0 bridgehead atoms. The molecule has 0 spiro atoms. The smallest absolute Gasteiger partial charge is 0.247 e. The summed E-state index contributed by atoms with van der Waals surface area (Å²) >= 11 is 0. The normalized spacial score (nSPS) is 10.2. The zero-order chi connectivity index (χ0) is 18.5. The first-order valence-electron chi connectivity index (χ1n) is 7.83. The molecule has 0 aliphatic rings. The van der Waals surface area contributed by atoms with E-state index in [-0.39, 0.29) is 5.91 Å². The largest absolute Gasteiger partial charge is 0.495 e. The third-order valence-corrected chi connectivity index (χ3v) is 3.50. The van der Waals surface area contributed by atoms with Gasteiger partial charge in [-0.05, 0) is 37.3 Å². The molecule has 0 atom stereocenters. The third kappa shape index (κ3) is 3.86. The van der Waals surface area contributed by atoms with Crippen LogP contribution in [0.5, 0.6) is 5.75 Å². The van der Waals surface area contributed by atoms with Crippen LogP contribution in [0.1, 0.15) is 5.69 Å². The summed E-state index contributed by atoms with van der Waals surface area (Å²) in [5.41, 5.74) is 2.10. The summed E-state index contributed by atoms with van der Waals surface area (Å²) in [7, 11) is 1.56. The maximum Gasteiger partial charge on any atom is 0.247 e. The second kappa shape index (κ2) is 7.47. The van der Waals surface area contributed by atoms with Crippen molar-refractivity contribution in [1.82, 2.24) is 19.7 Å². The Balaban J connectivity index is 1.89. The number of aryl methyl sites for hydroxylation is 1. The molecule has 8 nitrogen and oxygen atoms in total. The summed E-state index contributed by atoms with van der Waals surface area (Å²) in [5, 5.41) is 10.1. The van der Waals surface area contributed by atoms with E-state index in [1.54, 1.807) is 42.3 Å². The lowest BCUT2D eigenvalue weighted by Crippen LogP contribution is -2.08. The van der Waals surface area contributed by atoms with E-state index in [1.807, 2.05) is 19.2 Å². The molecular formula is C18H18N6O2. The van der Waals surface area contributed by atoms with Gasteiger partial charge >= 0.3 is 0 Å². The number of aromatic nitrogens is 4. The monoisotopic (exact) mass is 350 g/mol. The van der Waals surface area contributed by atoms with E-state index in [1.165, 1.54) is 6.08 Å². The van der Waals surface area contributed by atoms with E-state index >= 15 is 0 Å². The topological polar surface area (TPSA) is 94.0 Å². The van der Waals surface area contributed by atoms with Crippen molar-refractivity contribution in [1.29, 1.82) is 0 Å². The lowest BCUT2D eigenvalue weighted by Gasteiger charge is -2.12. The first-order valence-corrected chi connectivity index (χ1v) is 7.83. The van der Waals surface area contributed by atoms with Crippen LogP contribution in [0.2, 0.25) is 0 Å². The highest BCUT2D eigenvalue weighted by Gasteiger charge is 2.09. The number of hydrogen-bond donors (Lipinski definition) is 2. The van der Waals surface area contributed by atoms with Crippen molar-refractivity contribution in [2.24, 2.45) is 0 Å². The number of hydrogen-bond acceptors (Lipinski definition) is 6. The van der Waals surface area contributed by atoms with Crippen LogP contribution in [-0.4, -0.2) is 32.8 Å². The molecule has 2 N–H and O–H groups in total. The van der Waals surface area contributed by atoms with Crippen LogP contribution < -0.4 is 15.4 Å². The molecule has 0 radical (unpaired) electrons. The van der Waals surface area contributed by atoms with Crippen LogP contribution in [0.4, 0.5) is 17.3 Å². The molecule has 132 valence electrons. The Labute approximate surface area is 150 Å².